The first-order chi connectivity index (χ1) is 8.63. The van der Waals surface area contributed by atoms with E-state index in [0.717, 1.165) is 16.7 Å². The Morgan fingerprint density at radius 3 is 2.61 bits per heavy atom. The van der Waals surface area contributed by atoms with Crippen LogP contribution in [0.1, 0.15) is 18.3 Å². The van der Waals surface area contributed by atoms with Crippen molar-refractivity contribution in [3.63, 3.8) is 0 Å². The van der Waals surface area contributed by atoms with E-state index in [-0.39, 0.29) is 6.04 Å². The van der Waals surface area contributed by atoms with Crippen LogP contribution in [0.4, 0.5) is 5.13 Å². The molecule has 0 aliphatic heterocycles. The molecule has 96 valence electrons. The largest absolute Gasteiger partial charge is 0.491 e. The monoisotopic (exact) mass is 263 g/mol. The normalized spacial score (nSPS) is 12.2. The summed E-state index contributed by atoms with van der Waals surface area (Å²) in [6.07, 6.45) is 0. The minimum absolute atomic E-state index is 0.193. The van der Waals surface area contributed by atoms with Crippen molar-refractivity contribution in [2.45, 2.75) is 26.8 Å². The van der Waals surface area contributed by atoms with Crippen molar-refractivity contribution >= 4 is 16.7 Å². The maximum Gasteiger partial charge on any atom is 0.202 e. The molecule has 2 rings (SSSR count). The fraction of sp³-hybridized carbons (Fsp3) is 0.385. The lowest BCUT2D eigenvalue weighted by Gasteiger charge is -2.13. The number of ether oxygens (including phenoxy) is 1. The smallest absolute Gasteiger partial charge is 0.202 e. The van der Waals surface area contributed by atoms with Crippen molar-refractivity contribution in [1.29, 1.82) is 0 Å². The zero-order valence-electron chi connectivity index (χ0n) is 10.8. The molecule has 1 aromatic heterocycles. The zero-order chi connectivity index (χ0) is 13.0. The minimum Gasteiger partial charge on any atom is -0.491 e. The second kappa shape index (κ2) is 5.82. The first-order valence-corrected chi connectivity index (χ1v) is 6.67. The summed E-state index contributed by atoms with van der Waals surface area (Å²) in [5.41, 5.74) is 1.23. The Morgan fingerprint density at radius 2 is 2.00 bits per heavy atom. The molecule has 1 atom stereocenters. The lowest BCUT2D eigenvalue weighted by molar-refractivity contribution is 0.304. The SMILES string of the molecule is Cc1ccc(OCC(C)Nc2nc(C)ns2)cc1. The Morgan fingerprint density at radius 1 is 1.28 bits per heavy atom. The summed E-state index contributed by atoms with van der Waals surface area (Å²) in [4.78, 5) is 4.26. The predicted octanol–water partition coefficient (Wildman–Crippen LogP) is 3.03. The van der Waals surface area contributed by atoms with Crippen LogP contribution in [0.2, 0.25) is 0 Å². The first kappa shape index (κ1) is 12.8. The third-order valence-electron chi connectivity index (χ3n) is 2.42. The van der Waals surface area contributed by atoms with Crippen LogP contribution < -0.4 is 10.1 Å². The highest BCUT2D eigenvalue weighted by molar-refractivity contribution is 7.09. The highest BCUT2D eigenvalue weighted by Gasteiger charge is 2.06. The Kier molecular flexibility index (Phi) is 4.15. The summed E-state index contributed by atoms with van der Waals surface area (Å²) in [6.45, 7) is 6.60. The van der Waals surface area contributed by atoms with Crippen molar-refractivity contribution in [2.75, 3.05) is 11.9 Å². The summed E-state index contributed by atoms with van der Waals surface area (Å²) in [5.74, 6) is 1.69. The Labute approximate surface area is 111 Å². The van der Waals surface area contributed by atoms with Crippen LogP contribution in [0.3, 0.4) is 0 Å². The highest BCUT2D eigenvalue weighted by Crippen LogP contribution is 2.14. The predicted molar refractivity (Wildman–Crippen MR) is 74.4 cm³/mol. The molecule has 1 N–H and O–H groups in total. The quantitative estimate of drug-likeness (QED) is 0.900. The molecule has 18 heavy (non-hydrogen) atoms. The molecule has 1 unspecified atom stereocenters. The van der Waals surface area contributed by atoms with Crippen molar-refractivity contribution in [1.82, 2.24) is 9.36 Å². The minimum atomic E-state index is 0.193. The number of aromatic nitrogens is 2. The molecule has 0 fully saturated rings. The van der Waals surface area contributed by atoms with Crippen LogP contribution in [0.5, 0.6) is 5.75 Å². The Balaban J connectivity index is 1.81. The summed E-state index contributed by atoms with van der Waals surface area (Å²) < 4.78 is 9.82. The van der Waals surface area contributed by atoms with Gasteiger partial charge in [0.2, 0.25) is 5.13 Å². The van der Waals surface area contributed by atoms with E-state index in [4.69, 9.17) is 4.74 Å². The van der Waals surface area contributed by atoms with Crippen LogP contribution in [0.25, 0.3) is 0 Å². The highest BCUT2D eigenvalue weighted by atomic mass is 32.1. The van der Waals surface area contributed by atoms with E-state index < -0.39 is 0 Å². The number of benzene rings is 1. The van der Waals surface area contributed by atoms with Crippen LogP contribution >= 0.6 is 11.5 Å². The Bertz CT molecular complexity index is 495. The van der Waals surface area contributed by atoms with Gasteiger partial charge in [-0.25, -0.2) is 4.98 Å². The van der Waals surface area contributed by atoms with Gasteiger partial charge in [0.15, 0.2) is 0 Å². The number of anilines is 1. The second-order valence-electron chi connectivity index (χ2n) is 4.32. The van der Waals surface area contributed by atoms with Gasteiger partial charge in [0.05, 0.1) is 6.04 Å². The van der Waals surface area contributed by atoms with Gasteiger partial charge in [0.25, 0.3) is 0 Å². The number of hydrogen-bond donors (Lipinski definition) is 1. The summed E-state index contributed by atoms with van der Waals surface area (Å²) in [7, 11) is 0. The van der Waals surface area contributed by atoms with Crippen molar-refractivity contribution in [3.8, 4) is 5.75 Å². The molecule has 1 aromatic carbocycles. The molecule has 5 heteroatoms. The molecule has 0 aliphatic carbocycles. The molecule has 4 nitrogen and oxygen atoms in total. The van der Waals surface area contributed by atoms with Gasteiger partial charge in [-0.1, -0.05) is 17.7 Å². The fourth-order valence-electron chi connectivity index (χ4n) is 1.46. The molecule has 1 heterocycles. The number of nitrogens with zero attached hydrogens (tertiary/aromatic N) is 2. The van der Waals surface area contributed by atoms with Gasteiger partial charge in [0.1, 0.15) is 18.2 Å². The van der Waals surface area contributed by atoms with Gasteiger partial charge in [0, 0.05) is 11.5 Å². The van der Waals surface area contributed by atoms with Gasteiger partial charge in [-0.2, -0.15) is 4.37 Å². The van der Waals surface area contributed by atoms with Crippen molar-refractivity contribution in [2.24, 2.45) is 0 Å². The maximum absolute atomic E-state index is 5.70. The number of rotatable bonds is 5. The van der Waals surface area contributed by atoms with E-state index in [1.807, 2.05) is 31.2 Å². The van der Waals surface area contributed by atoms with Gasteiger partial charge < -0.3 is 10.1 Å². The standard InChI is InChI=1S/C13H17N3OS/c1-9-4-6-12(7-5-9)17-8-10(2)14-13-15-11(3)16-18-13/h4-7,10H,8H2,1-3H3,(H,14,15,16). The summed E-state index contributed by atoms with van der Waals surface area (Å²) in [6, 6.07) is 8.25. The third-order valence-corrected chi connectivity index (χ3v) is 3.16. The fourth-order valence-corrected chi connectivity index (χ4v) is 2.15. The molecule has 0 radical (unpaired) electrons. The molecule has 0 saturated heterocycles. The van der Waals surface area contributed by atoms with E-state index >= 15 is 0 Å². The van der Waals surface area contributed by atoms with Gasteiger partial charge in [-0.15, -0.1) is 0 Å². The number of nitrogens with one attached hydrogen (secondary N) is 1. The van der Waals surface area contributed by atoms with E-state index in [2.05, 4.69) is 28.5 Å². The molecule has 0 saturated carbocycles. The van der Waals surface area contributed by atoms with E-state index in [1.54, 1.807) is 0 Å². The summed E-state index contributed by atoms with van der Waals surface area (Å²) >= 11 is 1.37. The third kappa shape index (κ3) is 3.70. The topological polar surface area (TPSA) is 47.0 Å². The number of aryl methyl sites for hydroxylation is 2. The average Bonchev–Trinajstić information content (AvgIpc) is 2.74. The van der Waals surface area contributed by atoms with Gasteiger partial charge >= 0.3 is 0 Å². The molecular weight excluding hydrogens is 246 g/mol. The molecule has 0 spiro atoms. The molecule has 2 aromatic rings. The van der Waals surface area contributed by atoms with Crippen LogP contribution in [0.15, 0.2) is 24.3 Å². The lowest BCUT2D eigenvalue weighted by atomic mass is 10.2. The van der Waals surface area contributed by atoms with Crippen LogP contribution in [-0.4, -0.2) is 22.0 Å². The van der Waals surface area contributed by atoms with Crippen LogP contribution in [0, 0.1) is 13.8 Å². The second-order valence-corrected chi connectivity index (χ2v) is 5.07. The first-order valence-electron chi connectivity index (χ1n) is 5.90. The van der Waals surface area contributed by atoms with Crippen LogP contribution in [-0.2, 0) is 0 Å². The Hall–Kier alpha value is -1.62. The van der Waals surface area contributed by atoms with Gasteiger partial charge in [-0.3, -0.25) is 0 Å². The average molecular weight is 263 g/mol. The zero-order valence-corrected chi connectivity index (χ0v) is 11.6. The molecule has 0 amide bonds. The number of hydrogen-bond acceptors (Lipinski definition) is 5. The molecular formula is C13H17N3OS. The van der Waals surface area contributed by atoms with Gasteiger partial charge in [-0.05, 0) is 32.9 Å². The molecule has 0 bridgehead atoms. The summed E-state index contributed by atoms with van der Waals surface area (Å²) in [5, 5.41) is 4.10. The van der Waals surface area contributed by atoms with E-state index in [0.29, 0.717) is 6.61 Å². The lowest BCUT2D eigenvalue weighted by Crippen LogP contribution is -2.23. The van der Waals surface area contributed by atoms with E-state index in [1.165, 1.54) is 17.1 Å². The van der Waals surface area contributed by atoms with E-state index in [9.17, 15) is 0 Å². The maximum atomic E-state index is 5.70. The van der Waals surface area contributed by atoms with Crippen molar-refractivity contribution in [3.05, 3.63) is 35.7 Å². The molecule has 0 aliphatic rings. The van der Waals surface area contributed by atoms with Crippen molar-refractivity contribution < 1.29 is 4.74 Å².